The summed E-state index contributed by atoms with van der Waals surface area (Å²) in [4.78, 5) is 27.3. The number of hydrogen-bond donors (Lipinski definition) is 2. The van der Waals surface area contributed by atoms with Crippen molar-refractivity contribution >= 4 is 17.4 Å². The largest absolute Gasteiger partial charge is 0.338 e. The van der Waals surface area contributed by atoms with Gasteiger partial charge < -0.3 is 15.5 Å². The zero-order valence-electron chi connectivity index (χ0n) is 16.4. The second-order valence-corrected chi connectivity index (χ2v) is 7.71. The molecule has 3 rings (SSSR count). The lowest BCUT2D eigenvalue weighted by atomic mass is 9.94. The number of amides is 2. The Bertz CT molecular complexity index is 638. The van der Waals surface area contributed by atoms with E-state index in [1.807, 2.05) is 0 Å². The van der Waals surface area contributed by atoms with E-state index in [0.717, 1.165) is 32.1 Å². The number of rotatable bonds is 7. The van der Waals surface area contributed by atoms with Gasteiger partial charge in [0.25, 0.3) is 5.69 Å². The predicted octanol–water partition coefficient (Wildman–Crippen LogP) is 3.06. The van der Waals surface area contributed by atoms with Gasteiger partial charge in [0.05, 0.1) is 4.92 Å². The summed E-state index contributed by atoms with van der Waals surface area (Å²) in [6.07, 6.45) is 7.83. The number of nitrogens with one attached hydrogen (secondary N) is 2. The molecule has 1 aliphatic heterocycles. The molecule has 2 fully saturated rings. The van der Waals surface area contributed by atoms with Crippen LogP contribution >= 0.6 is 0 Å². The van der Waals surface area contributed by atoms with Crippen LogP contribution in [0.25, 0.3) is 0 Å². The second-order valence-electron chi connectivity index (χ2n) is 7.71. The molecule has 8 heteroatoms. The number of hydrogen-bond acceptors (Lipinski definition) is 5. The van der Waals surface area contributed by atoms with E-state index in [-0.39, 0.29) is 11.7 Å². The van der Waals surface area contributed by atoms with E-state index in [1.165, 1.54) is 69.5 Å². The first-order valence-electron chi connectivity index (χ1n) is 10.4. The van der Waals surface area contributed by atoms with Crippen molar-refractivity contribution in [1.29, 1.82) is 0 Å². The monoisotopic (exact) mass is 389 g/mol. The Morgan fingerprint density at radius 2 is 1.75 bits per heavy atom. The topological polar surface area (TPSA) is 90.8 Å². The van der Waals surface area contributed by atoms with Crippen LogP contribution in [0, 0.1) is 10.1 Å². The lowest BCUT2D eigenvalue weighted by molar-refractivity contribution is -0.384. The van der Waals surface area contributed by atoms with Gasteiger partial charge in [0.1, 0.15) is 0 Å². The summed E-state index contributed by atoms with van der Waals surface area (Å²) in [6.45, 7) is 6.17. The predicted molar refractivity (Wildman–Crippen MR) is 110 cm³/mol. The van der Waals surface area contributed by atoms with Gasteiger partial charge in [0, 0.05) is 56.6 Å². The molecule has 1 heterocycles. The summed E-state index contributed by atoms with van der Waals surface area (Å²) in [5, 5.41) is 16.2. The number of piperazine rings is 1. The molecular formula is C20H31N5O3. The lowest BCUT2D eigenvalue weighted by Gasteiger charge is -2.40. The standard InChI is InChI=1S/C20H31N5O3/c26-20(22-17-7-9-19(10-8-17)25(27)28)21-11-4-12-23-13-15-24(16-14-23)18-5-2-1-3-6-18/h7-10,18H,1-6,11-16H2,(H2,21,22,26). The van der Waals surface area contributed by atoms with E-state index in [2.05, 4.69) is 20.4 Å². The summed E-state index contributed by atoms with van der Waals surface area (Å²) in [7, 11) is 0. The van der Waals surface area contributed by atoms with Gasteiger partial charge in [-0.1, -0.05) is 19.3 Å². The Morgan fingerprint density at radius 1 is 1.07 bits per heavy atom. The van der Waals surface area contributed by atoms with Crippen LogP contribution in [0.4, 0.5) is 16.2 Å². The van der Waals surface area contributed by atoms with E-state index in [0.29, 0.717) is 12.2 Å². The second kappa shape index (κ2) is 10.4. The number of carbonyl (C=O) groups excluding carboxylic acids is 1. The quantitative estimate of drug-likeness (QED) is 0.425. The van der Waals surface area contributed by atoms with Gasteiger partial charge in [-0.05, 0) is 37.9 Å². The number of urea groups is 1. The Labute approximate surface area is 166 Å². The molecule has 0 aromatic heterocycles. The van der Waals surface area contributed by atoms with Crippen LogP contribution < -0.4 is 10.6 Å². The van der Waals surface area contributed by atoms with Crippen molar-refractivity contribution in [2.24, 2.45) is 0 Å². The molecule has 154 valence electrons. The molecule has 2 amide bonds. The minimum absolute atomic E-state index is 0.00884. The number of carbonyl (C=O) groups is 1. The number of anilines is 1. The summed E-state index contributed by atoms with van der Waals surface area (Å²) >= 11 is 0. The van der Waals surface area contributed by atoms with Gasteiger partial charge in [-0.25, -0.2) is 4.79 Å². The maximum atomic E-state index is 11.9. The number of benzene rings is 1. The molecule has 1 aromatic carbocycles. The first-order valence-corrected chi connectivity index (χ1v) is 10.4. The zero-order valence-corrected chi connectivity index (χ0v) is 16.4. The van der Waals surface area contributed by atoms with Crippen molar-refractivity contribution in [1.82, 2.24) is 15.1 Å². The van der Waals surface area contributed by atoms with Gasteiger partial charge in [0.15, 0.2) is 0 Å². The zero-order chi connectivity index (χ0) is 19.8. The molecule has 1 saturated heterocycles. The third-order valence-electron chi connectivity index (χ3n) is 5.77. The van der Waals surface area contributed by atoms with Gasteiger partial charge in [-0.15, -0.1) is 0 Å². The molecule has 2 aliphatic rings. The van der Waals surface area contributed by atoms with Crippen molar-refractivity contribution in [2.45, 2.75) is 44.6 Å². The maximum Gasteiger partial charge on any atom is 0.319 e. The molecule has 0 spiro atoms. The van der Waals surface area contributed by atoms with E-state index in [1.54, 1.807) is 0 Å². The molecule has 0 unspecified atom stereocenters. The number of non-ortho nitro benzene ring substituents is 1. The molecule has 1 aliphatic carbocycles. The van der Waals surface area contributed by atoms with Gasteiger partial charge in [0.2, 0.25) is 0 Å². The molecule has 2 N–H and O–H groups in total. The van der Waals surface area contributed by atoms with Crippen LogP contribution in [0.2, 0.25) is 0 Å². The van der Waals surface area contributed by atoms with Crippen LogP contribution in [0.3, 0.4) is 0 Å². The average Bonchev–Trinajstić information content (AvgIpc) is 2.73. The third-order valence-corrected chi connectivity index (χ3v) is 5.77. The number of nitro benzene ring substituents is 1. The Balaban J connectivity index is 1.27. The van der Waals surface area contributed by atoms with Crippen molar-refractivity contribution < 1.29 is 9.72 Å². The first kappa shape index (κ1) is 20.5. The lowest BCUT2D eigenvalue weighted by Crippen LogP contribution is -2.51. The first-order chi connectivity index (χ1) is 13.6. The van der Waals surface area contributed by atoms with Crippen LogP contribution in [0.15, 0.2) is 24.3 Å². The molecule has 28 heavy (non-hydrogen) atoms. The van der Waals surface area contributed by atoms with Gasteiger partial charge in [-0.2, -0.15) is 0 Å². The number of nitrogens with zero attached hydrogens (tertiary/aromatic N) is 3. The van der Waals surface area contributed by atoms with E-state index >= 15 is 0 Å². The van der Waals surface area contributed by atoms with Crippen molar-refractivity contribution in [3.8, 4) is 0 Å². The van der Waals surface area contributed by atoms with Crippen molar-refractivity contribution in [2.75, 3.05) is 44.6 Å². The van der Waals surface area contributed by atoms with Crippen molar-refractivity contribution in [3.05, 3.63) is 34.4 Å². The highest BCUT2D eigenvalue weighted by Crippen LogP contribution is 2.23. The van der Waals surface area contributed by atoms with Crippen LogP contribution in [-0.2, 0) is 0 Å². The van der Waals surface area contributed by atoms with Crippen LogP contribution in [-0.4, -0.2) is 66.1 Å². The fourth-order valence-electron chi connectivity index (χ4n) is 4.14. The summed E-state index contributed by atoms with van der Waals surface area (Å²) in [5.74, 6) is 0. The average molecular weight is 390 g/mol. The van der Waals surface area contributed by atoms with E-state index in [4.69, 9.17) is 0 Å². The molecule has 0 bridgehead atoms. The van der Waals surface area contributed by atoms with Crippen molar-refractivity contribution in [3.63, 3.8) is 0 Å². The highest BCUT2D eigenvalue weighted by Gasteiger charge is 2.24. The van der Waals surface area contributed by atoms with E-state index < -0.39 is 4.92 Å². The summed E-state index contributed by atoms with van der Waals surface area (Å²) in [5.41, 5.74) is 0.552. The van der Waals surface area contributed by atoms with Gasteiger partial charge >= 0.3 is 6.03 Å². The minimum Gasteiger partial charge on any atom is -0.338 e. The normalized spacial score (nSPS) is 19.3. The molecular weight excluding hydrogens is 358 g/mol. The SMILES string of the molecule is O=C(NCCCN1CCN(C2CCCCC2)CC1)Nc1ccc([N+](=O)[O-])cc1. The molecule has 0 radical (unpaired) electrons. The molecule has 1 aromatic rings. The molecule has 8 nitrogen and oxygen atoms in total. The minimum atomic E-state index is -0.459. The van der Waals surface area contributed by atoms with Crippen LogP contribution in [0.1, 0.15) is 38.5 Å². The summed E-state index contributed by atoms with van der Waals surface area (Å²) < 4.78 is 0. The van der Waals surface area contributed by atoms with Gasteiger partial charge in [-0.3, -0.25) is 15.0 Å². The highest BCUT2D eigenvalue weighted by molar-refractivity contribution is 5.89. The third kappa shape index (κ3) is 6.17. The highest BCUT2D eigenvalue weighted by atomic mass is 16.6. The van der Waals surface area contributed by atoms with Crippen LogP contribution in [0.5, 0.6) is 0 Å². The fraction of sp³-hybridized carbons (Fsp3) is 0.650. The molecule has 1 saturated carbocycles. The smallest absolute Gasteiger partial charge is 0.319 e. The van der Waals surface area contributed by atoms with E-state index in [9.17, 15) is 14.9 Å². The molecule has 0 atom stereocenters. The Kier molecular flexibility index (Phi) is 7.62. The Morgan fingerprint density at radius 3 is 2.39 bits per heavy atom. The fourth-order valence-corrected chi connectivity index (χ4v) is 4.14. The summed E-state index contributed by atoms with van der Waals surface area (Å²) in [6, 6.07) is 6.34. The maximum absolute atomic E-state index is 11.9. The number of nitro groups is 1. The Hall–Kier alpha value is -2.19.